The van der Waals surface area contributed by atoms with E-state index < -0.39 is 5.82 Å². The number of hydrogen-bond donors (Lipinski definition) is 0. The maximum atomic E-state index is 13.5. The van der Waals surface area contributed by atoms with Crippen LogP contribution in [0.2, 0.25) is 10.0 Å². The van der Waals surface area contributed by atoms with Crippen LogP contribution in [0.5, 0.6) is 0 Å². The van der Waals surface area contributed by atoms with Crippen molar-refractivity contribution in [3.63, 3.8) is 0 Å². The molecule has 2 fully saturated rings. The fourth-order valence-corrected chi connectivity index (χ4v) is 5.63. The minimum Gasteiger partial charge on any atom is -0.343 e. The highest BCUT2D eigenvalue weighted by Crippen LogP contribution is 2.35. The summed E-state index contributed by atoms with van der Waals surface area (Å²) in [6.45, 7) is 3.70. The lowest BCUT2D eigenvalue weighted by Crippen LogP contribution is -2.53. The molecule has 0 aliphatic carbocycles. The molecule has 4 rings (SSSR count). The summed E-state index contributed by atoms with van der Waals surface area (Å²) in [7, 11) is 1.75. The molecule has 0 unspecified atom stereocenters. The Hall–Kier alpha value is -2.64. The molecule has 2 atom stereocenters. The summed E-state index contributed by atoms with van der Waals surface area (Å²) in [6.07, 6.45) is 1.89. The van der Waals surface area contributed by atoms with Gasteiger partial charge in [0.25, 0.3) is 5.91 Å². The quantitative estimate of drug-likeness (QED) is 0.564. The highest BCUT2D eigenvalue weighted by molar-refractivity contribution is 6.42. The molecule has 0 spiro atoms. The summed E-state index contributed by atoms with van der Waals surface area (Å²) in [6, 6.07) is 10.7. The van der Waals surface area contributed by atoms with E-state index in [2.05, 4.69) is 0 Å². The highest BCUT2D eigenvalue weighted by Gasteiger charge is 2.39. The Bertz CT molecular complexity index is 1140. The van der Waals surface area contributed by atoms with Crippen molar-refractivity contribution in [3.05, 3.63) is 69.5 Å². The molecule has 2 aliphatic rings. The summed E-state index contributed by atoms with van der Waals surface area (Å²) in [5.74, 6) is -0.774. The van der Waals surface area contributed by atoms with Gasteiger partial charge in [0.2, 0.25) is 11.8 Å². The van der Waals surface area contributed by atoms with E-state index >= 15 is 0 Å². The molecule has 3 amide bonds. The molecule has 6 nitrogen and oxygen atoms in total. The van der Waals surface area contributed by atoms with Crippen LogP contribution in [-0.2, 0) is 9.59 Å². The number of piperidine rings is 2. The topological polar surface area (TPSA) is 60.9 Å². The summed E-state index contributed by atoms with van der Waals surface area (Å²) >= 11 is 12.5. The second-order valence-corrected chi connectivity index (χ2v) is 10.4. The van der Waals surface area contributed by atoms with Crippen LogP contribution < -0.4 is 0 Å². The molecule has 0 N–H and O–H groups in total. The number of carbonyl (C=O) groups excluding carboxylic acids is 3. The first-order valence-electron chi connectivity index (χ1n) is 12.2. The maximum Gasteiger partial charge on any atom is 0.253 e. The second kappa shape index (κ2) is 11.2. The van der Waals surface area contributed by atoms with E-state index in [1.807, 2.05) is 11.0 Å². The molecular formula is C27H30Cl2FN3O3. The van der Waals surface area contributed by atoms with Gasteiger partial charge in [0.1, 0.15) is 5.82 Å². The minimum absolute atomic E-state index is 0.0373. The van der Waals surface area contributed by atoms with Crippen molar-refractivity contribution in [3.8, 4) is 0 Å². The van der Waals surface area contributed by atoms with Crippen molar-refractivity contribution in [1.82, 2.24) is 14.7 Å². The summed E-state index contributed by atoms with van der Waals surface area (Å²) in [5, 5.41) is 0.856. The van der Waals surface area contributed by atoms with E-state index in [4.69, 9.17) is 23.2 Å². The van der Waals surface area contributed by atoms with Gasteiger partial charge in [-0.05, 0) is 61.2 Å². The van der Waals surface area contributed by atoms with E-state index in [-0.39, 0.29) is 35.6 Å². The maximum absolute atomic E-state index is 13.5. The second-order valence-electron chi connectivity index (χ2n) is 9.62. The molecule has 2 aromatic rings. The SMILES string of the molecule is CC(=O)N1CCC(C(=O)N2CC[C@@H](N(C)C(=O)c3ccc(F)cc3)[C@H](c3ccc(Cl)c(Cl)c3)C2)CC1. The smallest absolute Gasteiger partial charge is 0.253 e. The number of hydrogen-bond acceptors (Lipinski definition) is 3. The Kier molecular flexibility index (Phi) is 8.20. The Morgan fingerprint density at radius 2 is 1.56 bits per heavy atom. The van der Waals surface area contributed by atoms with Crippen molar-refractivity contribution >= 4 is 40.9 Å². The molecule has 0 bridgehead atoms. The van der Waals surface area contributed by atoms with Gasteiger partial charge in [-0.2, -0.15) is 0 Å². The summed E-state index contributed by atoms with van der Waals surface area (Å²) in [4.78, 5) is 43.7. The zero-order valence-electron chi connectivity index (χ0n) is 20.4. The molecule has 192 valence electrons. The van der Waals surface area contributed by atoms with Gasteiger partial charge in [-0.3, -0.25) is 14.4 Å². The van der Waals surface area contributed by atoms with E-state index in [1.165, 1.54) is 24.3 Å². The molecule has 0 radical (unpaired) electrons. The Labute approximate surface area is 220 Å². The molecular weight excluding hydrogens is 504 g/mol. The van der Waals surface area contributed by atoms with Gasteiger partial charge in [-0.1, -0.05) is 29.3 Å². The first-order chi connectivity index (χ1) is 17.2. The first-order valence-corrected chi connectivity index (χ1v) is 12.9. The van der Waals surface area contributed by atoms with Gasteiger partial charge in [-0.25, -0.2) is 4.39 Å². The lowest BCUT2D eigenvalue weighted by atomic mass is 9.83. The number of carbonyl (C=O) groups is 3. The normalized spacial score (nSPS) is 20.8. The average Bonchev–Trinajstić information content (AvgIpc) is 2.89. The molecule has 9 heteroatoms. The van der Waals surface area contributed by atoms with Gasteiger partial charge < -0.3 is 14.7 Å². The predicted octanol–water partition coefficient (Wildman–Crippen LogP) is 4.85. The standard InChI is InChI=1S/C27H30Cl2FN3O3/c1-17(34)32-12-9-19(10-13-32)27(36)33-14-11-25(22(16-33)20-5-8-23(28)24(29)15-20)31(2)26(35)18-3-6-21(30)7-4-18/h3-8,15,19,22,25H,9-14,16H2,1-2H3/t22-,25+/m0/s1. The van der Waals surface area contributed by atoms with Crippen LogP contribution >= 0.6 is 23.2 Å². The number of amides is 3. The predicted molar refractivity (Wildman–Crippen MR) is 138 cm³/mol. The Morgan fingerprint density at radius 3 is 2.17 bits per heavy atom. The zero-order chi connectivity index (χ0) is 26.0. The third kappa shape index (κ3) is 5.68. The Balaban J connectivity index is 1.55. The van der Waals surface area contributed by atoms with Gasteiger partial charge in [0.05, 0.1) is 10.0 Å². The van der Waals surface area contributed by atoms with Crippen molar-refractivity contribution in [2.24, 2.45) is 5.92 Å². The van der Waals surface area contributed by atoms with Crippen LogP contribution in [-0.4, -0.2) is 71.7 Å². The molecule has 2 aliphatic heterocycles. The number of nitrogens with zero attached hydrogens (tertiary/aromatic N) is 3. The van der Waals surface area contributed by atoms with Crippen molar-refractivity contribution in [2.75, 3.05) is 33.2 Å². The van der Waals surface area contributed by atoms with Gasteiger partial charge >= 0.3 is 0 Å². The first kappa shape index (κ1) is 26.4. The number of likely N-dealkylation sites (tertiary alicyclic amines) is 2. The molecule has 2 aromatic carbocycles. The van der Waals surface area contributed by atoms with Crippen LogP contribution in [0.25, 0.3) is 0 Å². The molecule has 36 heavy (non-hydrogen) atoms. The van der Waals surface area contributed by atoms with Gasteiger partial charge in [0, 0.05) is 63.6 Å². The molecule has 2 heterocycles. The van der Waals surface area contributed by atoms with Crippen LogP contribution in [0, 0.1) is 11.7 Å². The molecule has 0 saturated carbocycles. The van der Waals surface area contributed by atoms with E-state index in [1.54, 1.807) is 35.9 Å². The zero-order valence-corrected chi connectivity index (χ0v) is 21.9. The number of halogens is 3. The van der Waals surface area contributed by atoms with Crippen molar-refractivity contribution in [2.45, 2.75) is 38.1 Å². The van der Waals surface area contributed by atoms with E-state index in [9.17, 15) is 18.8 Å². The van der Waals surface area contributed by atoms with Crippen molar-refractivity contribution in [1.29, 1.82) is 0 Å². The highest BCUT2D eigenvalue weighted by atomic mass is 35.5. The number of benzene rings is 2. The van der Waals surface area contributed by atoms with E-state index in [0.717, 1.165) is 5.56 Å². The molecule has 2 saturated heterocycles. The number of rotatable bonds is 4. The Morgan fingerprint density at radius 1 is 0.917 bits per heavy atom. The molecule has 0 aromatic heterocycles. The monoisotopic (exact) mass is 533 g/mol. The van der Waals surface area contributed by atoms with Gasteiger partial charge in [0.15, 0.2) is 0 Å². The summed E-state index contributed by atoms with van der Waals surface area (Å²) in [5.41, 5.74) is 1.31. The third-order valence-corrected chi connectivity index (χ3v) is 8.20. The van der Waals surface area contributed by atoms with E-state index in [0.29, 0.717) is 61.1 Å². The van der Waals surface area contributed by atoms with Crippen molar-refractivity contribution < 1.29 is 18.8 Å². The lowest BCUT2D eigenvalue weighted by Gasteiger charge is -2.44. The van der Waals surface area contributed by atoms with Gasteiger partial charge in [-0.15, -0.1) is 0 Å². The lowest BCUT2D eigenvalue weighted by molar-refractivity contribution is -0.141. The fourth-order valence-electron chi connectivity index (χ4n) is 5.32. The van der Waals surface area contributed by atoms with Crippen LogP contribution in [0.3, 0.4) is 0 Å². The van der Waals surface area contributed by atoms with Crippen LogP contribution in [0.4, 0.5) is 4.39 Å². The van der Waals surface area contributed by atoms with Crippen LogP contribution in [0.15, 0.2) is 42.5 Å². The number of likely N-dealkylation sites (N-methyl/N-ethyl adjacent to an activating group) is 1. The minimum atomic E-state index is -0.399. The fraction of sp³-hybridized carbons (Fsp3) is 0.444. The van der Waals surface area contributed by atoms with Crippen LogP contribution in [0.1, 0.15) is 48.0 Å². The summed E-state index contributed by atoms with van der Waals surface area (Å²) < 4.78 is 13.4. The average molecular weight is 534 g/mol. The third-order valence-electron chi connectivity index (χ3n) is 7.46. The largest absolute Gasteiger partial charge is 0.343 e.